The number of aryl methyl sites for hydroxylation is 1. The first kappa shape index (κ1) is 23.3. The Balaban J connectivity index is 0.000000360. The summed E-state index contributed by atoms with van der Waals surface area (Å²) >= 11 is 0. The van der Waals surface area contributed by atoms with Gasteiger partial charge in [0.05, 0.1) is 5.54 Å². The number of rotatable bonds is 2. The molecule has 4 rings (SSSR count). The van der Waals surface area contributed by atoms with Crippen molar-refractivity contribution >= 4 is 17.8 Å². The summed E-state index contributed by atoms with van der Waals surface area (Å²) in [6.07, 6.45) is 2.45. The van der Waals surface area contributed by atoms with E-state index in [1.165, 1.54) is 0 Å². The highest BCUT2D eigenvalue weighted by Crippen LogP contribution is 2.43. The van der Waals surface area contributed by atoms with Gasteiger partial charge < -0.3 is 19.9 Å². The Morgan fingerprint density at radius 1 is 1.22 bits per heavy atom. The average Bonchev–Trinajstić information content (AvgIpc) is 3.31. The molecule has 1 unspecified atom stereocenters. The SMILES string of the molecule is Cn1cccc1C(=O)N1CCC2(CC1)NC(=O)CC2c1cccnc1.O=C(O)C(F)(F)F. The predicted octanol–water partition coefficient (Wildman–Crippen LogP) is 2.33. The van der Waals surface area contributed by atoms with Crippen LogP contribution in [0.1, 0.15) is 41.2 Å². The minimum absolute atomic E-state index is 0.0598. The van der Waals surface area contributed by atoms with E-state index in [0.717, 1.165) is 18.4 Å². The van der Waals surface area contributed by atoms with Gasteiger partial charge in [0, 0.05) is 51.1 Å². The van der Waals surface area contributed by atoms with Crippen LogP contribution in [0.2, 0.25) is 0 Å². The van der Waals surface area contributed by atoms with Gasteiger partial charge in [0.1, 0.15) is 5.69 Å². The summed E-state index contributed by atoms with van der Waals surface area (Å²) in [5, 5.41) is 10.3. The number of halogens is 3. The van der Waals surface area contributed by atoms with Crippen molar-refractivity contribution in [3.05, 3.63) is 54.1 Å². The van der Waals surface area contributed by atoms with Crippen LogP contribution in [0.4, 0.5) is 13.2 Å². The van der Waals surface area contributed by atoms with Crippen molar-refractivity contribution < 1.29 is 32.7 Å². The van der Waals surface area contributed by atoms with Gasteiger partial charge in [-0.3, -0.25) is 14.6 Å². The van der Waals surface area contributed by atoms with Crippen molar-refractivity contribution in [2.24, 2.45) is 7.05 Å². The third-order valence-electron chi connectivity index (χ3n) is 5.88. The van der Waals surface area contributed by atoms with Gasteiger partial charge >= 0.3 is 12.1 Å². The van der Waals surface area contributed by atoms with Gasteiger partial charge in [-0.05, 0) is 36.6 Å². The number of likely N-dealkylation sites (tertiary alicyclic amines) is 1. The van der Waals surface area contributed by atoms with Gasteiger partial charge in [-0.2, -0.15) is 13.2 Å². The largest absolute Gasteiger partial charge is 0.490 e. The summed E-state index contributed by atoms with van der Waals surface area (Å²) in [6.45, 7) is 1.31. The van der Waals surface area contributed by atoms with Crippen LogP contribution in [0.25, 0.3) is 0 Å². The summed E-state index contributed by atoms with van der Waals surface area (Å²) in [4.78, 5) is 39.8. The molecule has 4 heterocycles. The van der Waals surface area contributed by atoms with E-state index in [2.05, 4.69) is 10.3 Å². The summed E-state index contributed by atoms with van der Waals surface area (Å²) in [6, 6.07) is 7.69. The summed E-state index contributed by atoms with van der Waals surface area (Å²) in [5.74, 6) is -2.48. The Morgan fingerprint density at radius 3 is 2.38 bits per heavy atom. The first-order chi connectivity index (χ1) is 15.0. The van der Waals surface area contributed by atoms with Gasteiger partial charge in [-0.25, -0.2) is 4.79 Å². The van der Waals surface area contributed by atoms with E-state index in [0.29, 0.717) is 25.2 Å². The fourth-order valence-corrected chi connectivity index (χ4v) is 4.24. The molecule has 11 heteroatoms. The predicted molar refractivity (Wildman–Crippen MR) is 107 cm³/mol. The van der Waals surface area contributed by atoms with Crippen molar-refractivity contribution in [1.29, 1.82) is 0 Å². The number of hydrogen-bond acceptors (Lipinski definition) is 4. The van der Waals surface area contributed by atoms with Crippen molar-refractivity contribution in [2.75, 3.05) is 13.1 Å². The minimum Gasteiger partial charge on any atom is -0.475 e. The number of aromatic nitrogens is 2. The summed E-state index contributed by atoms with van der Waals surface area (Å²) < 4.78 is 33.6. The van der Waals surface area contributed by atoms with Gasteiger partial charge in [0.25, 0.3) is 5.91 Å². The Morgan fingerprint density at radius 2 is 1.88 bits per heavy atom. The lowest BCUT2D eigenvalue weighted by atomic mass is 9.74. The third-order valence-corrected chi connectivity index (χ3v) is 5.88. The second-order valence-electron chi connectivity index (χ2n) is 7.85. The van der Waals surface area contributed by atoms with E-state index in [4.69, 9.17) is 9.90 Å². The Labute approximate surface area is 182 Å². The molecule has 0 radical (unpaired) electrons. The fraction of sp³-hybridized carbons (Fsp3) is 0.429. The molecule has 172 valence electrons. The first-order valence-electron chi connectivity index (χ1n) is 9.95. The molecular weight excluding hydrogens is 429 g/mol. The molecule has 2 aromatic heterocycles. The molecule has 2 N–H and O–H groups in total. The van der Waals surface area contributed by atoms with E-state index in [1.807, 2.05) is 53.2 Å². The zero-order chi connectivity index (χ0) is 23.5. The van der Waals surface area contributed by atoms with Crippen LogP contribution in [0.3, 0.4) is 0 Å². The number of aliphatic carboxylic acids is 1. The summed E-state index contributed by atoms with van der Waals surface area (Å²) in [5.41, 5.74) is 1.55. The van der Waals surface area contributed by atoms with E-state index < -0.39 is 12.1 Å². The molecule has 2 aliphatic heterocycles. The van der Waals surface area contributed by atoms with Gasteiger partial charge in [-0.1, -0.05) is 6.07 Å². The van der Waals surface area contributed by atoms with Crippen molar-refractivity contribution in [3.63, 3.8) is 0 Å². The van der Waals surface area contributed by atoms with Crippen LogP contribution in [-0.2, 0) is 16.6 Å². The zero-order valence-electron chi connectivity index (χ0n) is 17.3. The molecule has 2 fully saturated rings. The molecule has 2 aromatic rings. The van der Waals surface area contributed by atoms with Crippen molar-refractivity contribution in [1.82, 2.24) is 19.8 Å². The Hall–Kier alpha value is -3.37. The van der Waals surface area contributed by atoms with Crippen LogP contribution in [0.5, 0.6) is 0 Å². The number of nitrogens with one attached hydrogen (secondary N) is 1. The highest BCUT2D eigenvalue weighted by atomic mass is 19.4. The maximum absolute atomic E-state index is 12.7. The van der Waals surface area contributed by atoms with Crippen molar-refractivity contribution in [2.45, 2.75) is 36.9 Å². The number of carboxylic acids is 1. The van der Waals surface area contributed by atoms with Gasteiger partial charge in [0.15, 0.2) is 0 Å². The lowest BCUT2D eigenvalue weighted by molar-refractivity contribution is -0.192. The molecule has 0 saturated carbocycles. The number of amides is 2. The molecule has 8 nitrogen and oxygen atoms in total. The molecule has 1 atom stereocenters. The second-order valence-corrected chi connectivity index (χ2v) is 7.85. The minimum atomic E-state index is -5.08. The fourth-order valence-electron chi connectivity index (χ4n) is 4.24. The quantitative estimate of drug-likeness (QED) is 0.728. The molecule has 32 heavy (non-hydrogen) atoms. The van der Waals surface area contributed by atoms with E-state index in [9.17, 15) is 22.8 Å². The number of pyridine rings is 1. The second kappa shape index (κ2) is 9.01. The van der Waals surface area contributed by atoms with Gasteiger partial charge in [0.2, 0.25) is 5.91 Å². The van der Waals surface area contributed by atoms with E-state index in [-0.39, 0.29) is 23.3 Å². The topological polar surface area (TPSA) is 105 Å². The standard InChI is InChI=1S/C19H22N4O2.C2HF3O2/c1-22-9-3-5-16(22)18(25)23-10-6-19(7-11-23)15(12-17(24)21-19)14-4-2-8-20-13-14;3-2(4,5)1(6)7/h2-5,8-9,13,15H,6-7,10-12H2,1H3,(H,21,24);(H,6,7). The van der Waals surface area contributed by atoms with Crippen LogP contribution in [-0.4, -0.2) is 62.1 Å². The maximum atomic E-state index is 12.7. The summed E-state index contributed by atoms with van der Waals surface area (Å²) in [7, 11) is 1.88. The lowest BCUT2D eigenvalue weighted by Crippen LogP contribution is -2.54. The van der Waals surface area contributed by atoms with Crippen LogP contribution in [0.15, 0.2) is 42.9 Å². The van der Waals surface area contributed by atoms with E-state index >= 15 is 0 Å². The smallest absolute Gasteiger partial charge is 0.475 e. The number of nitrogens with zero attached hydrogens (tertiary/aromatic N) is 3. The lowest BCUT2D eigenvalue weighted by Gasteiger charge is -2.42. The van der Waals surface area contributed by atoms with E-state index in [1.54, 1.807) is 6.20 Å². The van der Waals surface area contributed by atoms with Crippen LogP contribution >= 0.6 is 0 Å². The number of carboxylic acid groups (broad SMARTS) is 1. The van der Waals surface area contributed by atoms with Crippen LogP contribution < -0.4 is 5.32 Å². The number of alkyl halides is 3. The number of hydrogen-bond donors (Lipinski definition) is 2. The Bertz CT molecular complexity index is 982. The van der Waals surface area contributed by atoms with Gasteiger partial charge in [-0.15, -0.1) is 0 Å². The highest BCUT2D eigenvalue weighted by Gasteiger charge is 2.49. The molecule has 1 spiro atoms. The average molecular weight is 452 g/mol. The third kappa shape index (κ3) is 4.92. The first-order valence-corrected chi connectivity index (χ1v) is 9.95. The Kier molecular flexibility index (Phi) is 6.56. The molecule has 2 aliphatic rings. The molecule has 2 saturated heterocycles. The molecule has 0 aliphatic carbocycles. The monoisotopic (exact) mass is 452 g/mol. The zero-order valence-corrected chi connectivity index (χ0v) is 17.3. The normalized spacial score (nSPS) is 19.8. The molecule has 2 amide bonds. The maximum Gasteiger partial charge on any atom is 0.490 e. The molecule has 0 bridgehead atoms. The molecular formula is C21H23F3N4O4. The number of piperidine rings is 1. The van der Waals surface area contributed by atoms with Crippen LogP contribution in [0, 0.1) is 0 Å². The van der Waals surface area contributed by atoms with Crippen molar-refractivity contribution in [3.8, 4) is 0 Å². The number of carbonyl (C=O) groups excluding carboxylic acids is 2. The molecule has 0 aromatic carbocycles. The number of carbonyl (C=O) groups is 3. The highest BCUT2D eigenvalue weighted by molar-refractivity contribution is 5.93.